The summed E-state index contributed by atoms with van der Waals surface area (Å²) in [4.78, 5) is 30.0. The summed E-state index contributed by atoms with van der Waals surface area (Å²) in [5, 5.41) is 6.76. The van der Waals surface area contributed by atoms with Gasteiger partial charge in [-0.25, -0.2) is 19.9 Å². The van der Waals surface area contributed by atoms with Gasteiger partial charge in [0.1, 0.15) is 0 Å². The van der Waals surface area contributed by atoms with Gasteiger partial charge in [0.25, 0.3) is 0 Å². The van der Waals surface area contributed by atoms with E-state index in [0.29, 0.717) is 11.6 Å². The summed E-state index contributed by atoms with van der Waals surface area (Å²) in [6.45, 7) is 0. The molecule has 0 spiro atoms. The minimum atomic E-state index is 0.618. The van der Waals surface area contributed by atoms with Crippen LogP contribution >= 0.6 is 0 Å². The predicted octanol–water partition coefficient (Wildman–Crippen LogP) is 12.7. The summed E-state index contributed by atoms with van der Waals surface area (Å²) in [5.41, 5.74) is 10.9. The van der Waals surface area contributed by atoms with Gasteiger partial charge in [-0.3, -0.25) is 9.97 Å². The van der Waals surface area contributed by atoms with Crippen LogP contribution in [-0.2, 0) is 0 Å². The smallest absolute Gasteiger partial charge is 0.161 e. The third kappa shape index (κ3) is 6.29. The lowest BCUT2D eigenvalue weighted by Gasteiger charge is -2.12. The molecule has 0 saturated heterocycles. The Balaban J connectivity index is 1.03. The van der Waals surface area contributed by atoms with Crippen LogP contribution in [0.1, 0.15) is 0 Å². The molecule has 0 radical (unpaired) electrons. The van der Waals surface area contributed by atoms with E-state index in [1.165, 1.54) is 10.8 Å². The summed E-state index contributed by atoms with van der Waals surface area (Å²) in [6.07, 6.45) is 3.72. The number of hydrogen-bond acceptors (Lipinski definition) is 6. The Kier molecular flexibility index (Phi) is 8.04. The van der Waals surface area contributed by atoms with Gasteiger partial charge in [-0.2, -0.15) is 0 Å². The molecule has 11 rings (SSSR count). The van der Waals surface area contributed by atoms with Crippen LogP contribution in [0.15, 0.2) is 194 Å². The lowest BCUT2D eigenvalue weighted by atomic mass is 10.0. The number of fused-ring (bicyclic) bond motifs is 4. The van der Waals surface area contributed by atoms with Crippen LogP contribution in [0.2, 0.25) is 0 Å². The summed E-state index contributed by atoms with van der Waals surface area (Å²) in [5.74, 6) is 1.24. The Morgan fingerprint density at radius 1 is 0.241 bits per heavy atom. The van der Waals surface area contributed by atoms with E-state index in [1.54, 1.807) is 0 Å². The summed E-state index contributed by atoms with van der Waals surface area (Å²) in [7, 11) is 0. The van der Waals surface area contributed by atoms with Crippen LogP contribution < -0.4 is 0 Å². The average Bonchev–Trinajstić information content (AvgIpc) is 3.30. The molecular formula is C52H32N6. The fraction of sp³-hybridized carbons (Fsp3) is 0. The lowest BCUT2D eigenvalue weighted by Crippen LogP contribution is -1.98. The molecule has 0 amide bonds. The van der Waals surface area contributed by atoms with Crippen LogP contribution in [0.25, 0.3) is 111 Å². The van der Waals surface area contributed by atoms with E-state index in [4.69, 9.17) is 29.9 Å². The topological polar surface area (TPSA) is 77.3 Å². The van der Waals surface area contributed by atoms with Crippen molar-refractivity contribution in [1.82, 2.24) is 29.9 Å². The third-order valence-corrected chi connectivity index (χ3v) is 10.7. The molecule has 4 aromatic heterocycles. The van der Waals surface area contributed by atoms with Crippen molar-refractivity contribution in [2.24, 2.45) is 0 Å². The monoisotopic (exact) mass is 740 g/mol. The fourth-order valence-electron chi connectivity index (χ4n) is 7.64. The van der Waals surface area contributed by atoms with Gasteiger partial charge in [0.2, 0.25) is 0 Å². The van der Waals surface area contributed by atoms with Crippen molar-refractivity contribution in [3.8, 4) is 67.8 Å². The SMILES string of the molecule is c1ccc2cc(-c3cc(-c4ccc(-c5cc(-c6ccc7ccccc7c6)nc(-c6cnc7ccccc7c6)n5)cc4)nc(-c4cnc5ccccc5c4)n3)ccc2c1. The largest absolute Gasteiger partial charge is 0.255 e. The Morgan fingerprint density at radius 2 is 0.569 bits per heavy atom. The Bertz CT molecular complexity index is 2940. The average molecular weight is 741 g/mol. The Morgan fingerprint density at radius 3 is 1.00 bits per heavy atom. The summed E-state index contributed by atoms with van der Waals surface area (Å²) >= 11 is 0. The highest BCUT2D eigenvalue weighted by Gasteiger charge is 2.15. The molecule has 58 heavy (non-hydrogen) atoms. The van der Waals surface area contributed by atoms with E-state index in [2.05, 4.69) is 146 Å². The molecule has 4 heterocycles. The highest BCUT2D eigenvalue weighted by molar-refractivity contribution is 5.90. The quantitative estimate of drug-likeness (QED) is 0.169. The first-order valence-corrected chi connectivity index (χ1v) is 19.2. The molecule has 270 valence electrons. The standard InChI is InChI=1S/C52H32N6/c1-3-11-37-25-41(23-17-33(37)9-1)49-29-47(55-51(57-49)43-27-39-13-5-7-15-45(39)53-31-43)35-19-21-36(22-20-35)48-30-50(42-24-18-34-10-2-4-12-38(34)26-42)58-52(56-48)44-28-40-14-6-8-16-46(40)54-32-44/h1-32H. The number of nitrogens with zero attached hydrogens (tertiary/aromatic N) is 6. The van der Waals surface area contributed by atoms with E-state index in [0.717, 1.165) is 88.7 Å². The highest BCUT2D eigenvalue weighted by Crippen LogP contribution is 2.34. The van der Waals surface area contributed by atoms with Gasteiger partial charge in [-0.15, -0.1) is 0 Å². The lowest BCUT2D eigenvalue weighted by molar-refractivity contribution is 1.17. The maximum atomic E-state index is 5.14. The molecule has 0 atom stereocenters. The van der Waals surface area contributed by atoms with Crippen LogP contribution in [0, 0.1) is 0 Å². The van der Waals surface area contributed by atoms with E-state index in [9.17, 15) is 0 Å². The predicted molar refractivity (Wildman–Crippen MR) is 236 cm³/mol. The molecule has 0 N–H and O–H groups in total. The van der Waals surface area contributed by atoms with Crippen molar-refractivity contribution in [2.45, 2.75) is 0 Å². The maximum absolute atomic E-state index is 5.14. The van der Waals surface area contributed by atoms with Crippen molar-refractivity contribution in [2.75, 3.05) is 0 Å². The van der Waals surface area contributed by atoms with Gasteiger partial charge in [0.05, 0.1) is 33.8 Å². The van der Waals surface area contributed by atoms with Crippen molar-refractivity contribution >= 4 is 43.4 Å². The minimum absolute atomic E-state index is 0.618. The van der Waals surface area contributed by atoms with Crippen LogP contribution in [0.4, 0.5) is 0 Å². The van der Waals surface area contributed by atoms with Gasteiger partial charge in [0.15, 0.2) is 11.6 Å². The number of pyridine rings is 2. The molecule has 0 aliphatic rings. The van der Waals surface area contributed by atoms with Crippen molar-refractivity contribution in [3.05, 3.63) is 194 Å². The molecule has 0 bridgehead atoms. The van der Waals surface area contributed by atoms with Gasteiger partial charge in [-0.1, -0.05) is 133 Å². The number of benzene rings is 7. The molecule has 0 unspecified atom stereocenters. The van der Waals surface area contributed by atoms with Gasteiger partial charge in [0, 0.05) is 56.5 Å². The summed E-state index contributed by atoms with van der Waals surface area (Å²) in [6, 6.07) is 62.7. The van der Waals surface area contributed by atoms with Crippen molar-refractivity contribution in [1.29, 1.82) is 0 Å². The zero-order valence-corrected chi connectivity index (χ0v) is 31.2. The number of para-hydroxylation sites is 2. The molecule has 0 aliphatic heterocycles. The molecule has 6 nitrogen and oxygen atoms in total. The Hall–Kier alpha value is -7.96. The highest BCUT2D eigenvalue weighted by atomic mass is 14.9. The molecule has 11 aromatic rings. The first-order chi connectivity index (χ1) is 28.7. The third-order valence-electron chi connectivity index (χ3n) is 10.7. The second-order valence-corrected chi connectivity index (χ2v) is 14.5. The molecular weight excluding hydrogens is 709 g/mol. The first-order valence-electron chi connectivity index (χ1n) is 19.2. The number of rotatable bonds is 6. The maximum Gasteiger partial charge on any atom is 0.161 e. The normalized spacial score (nSPS) is 11.4. The number of aromatic nitrogens is 6. The zero-order valence-electron chi connectivity index (χ0n) is 31.2. The van der Waals surface area contributed by atoms with Gasteiger partial charge in [-0.05, 0) is 70.1 Å². The molecule has 0 saturated carbocycles. The first kappa shape index (κ1) is 33.4. The van der Waals surface area contributed by atoms with Crippen LogP contribution in [0.3, 0.4) is 0 Å². The van der Waals surface area contributed by atoms with E-state index >= 15 is 0 Å². The molecule has 7 aromatic carbocycles. The van der Waals surface area contributed by atoms with Crippen molar-refractivity contribution < 1.29 is 0 Å². The summed E-state index contributed by atoms with van der Waals surface area (Å²) < 4.78 is 0. The van der Waals surface area contributed by atoms with E-state index in [1.807, 2.05) is 48.8 Å². The van der Waals surface area contributed by atoms with Crippen LogP contribution in [-0.4, -0.2) is 29.9 Å². The van der Waals surface area contributed by atoms with Gasteiger partial charge >= 0.3 is 0 Å². The fourth-order valence-corrected chi connectivity index (χ4v) is 7.64. The molecule has 6 heteroatoms. The minimum Gasteiger partial charge on any atom is -0.255 e. The van der Waals surface area contributed by atoms with Crippen molar-refractivity contribution in [3.63, 3.8) is 0 Å². The molecule has 0 fully saturated rings. The Labute approximate surface area is 334 Å². The zero-order chi connectivity index (χ0) is 38.4. The second kappa shape index (κ2) is 14.0. The number of hydrogen-bond donors (Lipinski definition) is 0. The second-order valence-electron chi connectivity index (χ2n) is 14.5. The van der Waals surface area contributed by atoms with Crippen LogP contribution in [0.5, 0.6) is 0 Å². The van der Waals surface area contributed by atoms with E-state index < -0.39 is 0 Å². The van der Waals surface area contributed by atoms with E-state index in [-0.39, 0.29) is 0 Å². The molecule has 0 aliphatic carbocycles. The van der Waals surface area contributed by atoms with Gasteiger partial charge < -0.3 is 0 Å².